The third-order valence-electron chi connectivity index (χ3n) is 2.43. The summed E-state index contributed by atoms with van der Waals surface area (Å²) in [5.74, 6) is -2.46. The highest BCUT2D eigenvalue weighted by molar-refractivity contribution is 5.83. The molecule has 0 unspecified atom stereocenters. The monoisotopic (exact) mass is 255 g/mol. The second-order valence-corrected chi connectivity index (χ2v) is 3.88. The minimum atomic E-state index is -4.41. The minimum Gasteiger partial charge on any atom is -0.480 e. The van der Waals surface area contributed by atoms with Crippen LogP contribution in [0.3, 0.4) is 0 Å². The van der Waals surface area contributed by atoms with E-state index in [9.17, 15) is 22.8 Å². The number of rotatable bonds is 6. The first kappa shape index (κ1) is 15.7. The van der Waals surface area contributed by atoms with Crippen LogP contribution in [0.4, 0.5) is 13.2 Å². The maximum Gasteiger partial charge on any atom is 0.389 e. The molecule has 2 atom stereocenters. The highest BCUT2D eigenvalue weighted by Crippen LogP contribution is 2.21. The lowest BCUT2D eigenvalue weighted by Gasteiger charge is -2.20. The Morgan fingerprint density at radius 2 is 1.88 bits per heavy atom. The predicted octanol–water partition coefficient (Wildman–Crippen LogP) is 1.94. The molecule has 0 rings (SSSR count). The second kappa shape index (κ2) is 6.46. The van der Waals surface area contributed by atoms with Gasteiger partial charge < -0.3 is 10.4 Å². The van der Waals surface area contributed by atoms with Crippen LogP contribution in [-0.2, 0) is 9.59 Å². The fraction of sp³-hybridized carbons (Fsp3) is 0.800. The summed E-state index contributed by atoms with van der Waals surface area (Å²) < 4.78 is 35.5. The molecule has 0 bridgehead atoms. The number of hydrogen-bond acceptors (Lipinski definition) is 2. The van der Waals surface area contributed by atoms with E-state index in [0.717, 1.165) is 0 Å². The molecule has 4 nitrogen and oxygen atoms in total. The van der Waals surface area contributed by atoms with E-state index in [1.807, 2.05) is 0 Å². The highest BCUT2D eigenvalue weighted by Gasteiger charge is 2.30. The first-order valence-corrected chi connectivity index (χ1v) is 5.26. The van der Waals surface area contributed by atoms with Gasteiger partial charge in [-0.3, -0.25) is 4.79 Å². The molecule has 0 aliphatic heterocycles. The van der Waals surface area contributed by atoms with Gasteiger partial charge in [-0.2, -0.15) is 13.2 Å². The Kier molecular flexibility index (Phi) is 5.98. The molecule has 7 heteroatoms. The minimum absolute atomic E-state index is 0.331. The lowest BCUT2D eigenvalue weighted by molar-refractivity contribution is -0.147. The largest absolute Gasteiger partial charge is 0.480 e. The summed E-state index contributed by atoms with van der Waals surface area (Å²) in [4.78, 5) is 22.0. The molecule has 0 aromatic heterocycles. The van der Waals surface area contributed by atoms with Crippen molar-refractivity contribution in [3.63, 3.8) is 0 Å². The first-order chi connectivity index (χ1) is 7.67. The zero-order chi connectivity index (χ0) is 13.6. The van der Waals surface area contributed by atoms with Crippen molar-refractivity contribution in [2.24, 2.45) is 5.92 Å². The van der Waals surface area contributed by atoms with Gasteiger partial charge in [-0.25, -0.2) is 4.79 Å². The molecule has 2 N–H and O–H groups in total. The van der Waals surface area contributed by atoms with E-state index >= 15 is 0 Å². The van der Waals surface area contributed by atoms with Crippen LogP contribution in [0.25, 0.3) is 0 Å². The molecular formula is C10H16F3NO3. The molecule has 0 heterocycles. The van der Waals surface area contributed by atoms with E-state index in [1.54, 1.807) is 13.8 Å². The van der Waals surface area contributed by atoms with Crippen molar-refractivity contribution in [1.29, 1.82) is 0 Å². The average molecular weight is 255 g/mol. The normalized spacial score (nSPS) is 15.1. The average Bonchev–Trinajstić information content (AvgIpc) is 2.20. The van der Waals surface area contributed by atoms with Crippen LogP contribution >= 0.6 is 0 Å². The van der Waals surface area contributed by atoms with E-state index < -0.39 is 36.9 Å². The van der Waals surface area contributed by atoms with Crippen LogP contribution < -0.4 is 5.32 Å². The van der Waals surface area contributed by atoms with Crippen molar-refractivity contribution in [3.8, 4) is 0 Å². The Balaban J connectivity index is 4.28. The van der Waals surface area contributed by atoms with Crippen LogP contribution in [-0.4, -0.2) is 29.2 Å². The van der Waals surface area contributed by atoms with Gasteiger partial charge >= 0.3 is 12.1 Å². The molecule has 0 fully saturated rings. The molecule has 0 saturated heterocycles. The summed E-state index contributed by atoms with van der Waals surface area (Å²) in [5, 5.41) is 10.9. The maximum absolute atomic E-state index is 11.8. The summed E-state index contributed by atoms with van der Waals surface area (Å²) in [5.41, 5.74) is 0. The molecular weight excluding hydrogens is 239 g/mol. The van der Waals surface area contributed by atoms with Crippen LogP contribution in [0, 0.1) is 5.92 Å². The zero-order valence-electron chi connectivity index (χ0n) is 9.67. The van der Waals surface area contributed by atoms with Crippen molar-refractivity contribution >= 4 is 11.9 Å². The number of halogens is 3. The summed E-state index contributed by atoms with van der Waals surface area (Å²) >= 11 is 0. The number of carbonyl (C=O) groups excluding carboxylic acids is 1. The first-order valence-electron chi connectivity index (χ1n) is 5.26. The number of hydrogen-bond donors (Lipinski definition) is 2. The molecule has 0 saturated carbocycles. The molecule has 0 aromatic rings. The summed E-state index contributed by atoms with van der Waals surface area (Å²) in [7, 11) is 0. The topological polar surface area (TPSA) is 66.4 Å². The third-order valence-corrected chi connectivity index (χ3v) is 2.43. The predicted molar refractivity (Wildman–Crippen MR) is 54.3 cm³/mol. The quantitative estimate of drug-likeness (QED) is 0.762. The van der Waals surface area contributed by atoms with Gasteiger partial charge in [-0.05, 0) is 5.92 Å². The van der Waals surface area contributed by atoms with E-state index in [-0.39, 0.29) is 5.92 Å². The smallest absolute Gasteiger partial charge is 0.389 e. The Morgan fingerprint density at radius 1 is 1.35 bits per heavy atom. The Morgan fingerprint density at radius 3 is 2.24 bits per heavy atom. The van der Waals surface area contributed by atoms with E-state index in [0.29, 0.717) is 6.42 Å². The number of carbonyl (C=O) groups is 2. The van der Waals surface area contributed by atoms with E-state index in [4.69, 9.17) is 5.11 Å². The SMILES string of the molecule is CC[C@@H](C)[C@@H](NC(=O)CCC(F)(F)F)C(=O)O. The molecule has 0 aliphatic rings. The van der Waals surface area contributed by atoms with Gasteiger partial charge in [0.1, 0.15) is 6.04 Å². The molecule has 100 valence electrons. The van der Waals surface area contributed by atoms with Gasteiger partial charge in [0.2, 0.25) is 5.91 Å². The summed E-state index contributed by atoms with van der Waals surface area (Å²) in [6, 6.07) is -1.14. The number of nitrogens with one attached hydrogen (secondary N) is 1. The van der Waals surface area contributed by atoms with Gasteiger partial charge in [-0.15, -0.1) is 0 Å². The van der Waals surface area contributed by atoms with Crippen LogP contribution in [0.1, 0.15) is 33.1 Å². The van der Waals surface area contributed by atoms with Crippen molar-refractivity contribution in [1.82, 2.24) is 5.32 Å². The number of amides is 1. The highest BCUT2D eigenvalue weighted by atomic mass is 19.4. The summed E-state index contributed by atoms with van der Waals surface area (Å²) in [6.07, 6.45) is -5.89. The molecule has 0 aromatic carbocycles. The number of carboxylic acid groups (broad SMARTS) is 1. The van der Waals surface area contributed by atoms with Gasteiger partial charge in [0.05, 0.1) is 6.42 Å². The zero-order valence-corrected chi connectivity index (χ0v) is 9.67. The van der Waals surface area contributed by atoms with Crippen molar-refractivity contribution in [2.45, 2.75) is 45.3 Å². The fourth-order valence-electron chi connectivity index (χ4n) is 1.18. The van der Waals surface area contributed by atoms with Crippen molar-refractivity contribution < 1.29 is 27.9 Å². The standard InChI is InChI=1S/C10H16F3NO3/c1-3-6(2)8(9(16)17)14-7(15)4-5-10(11,12)13/h6,8H,3-5H2,1-2H3,(H,14,15)(H,16,17)/t6-,8-/m1/s1. The van der Waals surface area contributed by atoms with Crippen molar-refractivity contribution in [3.05, 3.63) is 0 Å². The number of alkyl halides is 3. The fourth-order valence-corrected chi connectivity index (χ4v) is 1.18. The molecule has 1 amide bonds. The molecule has 0 aliphatic carbocycles. The van der Waals surface area contributed by atoms with E-state index in [1.165, 1.54) is 0 Å². The lowest BCUT2D eigenvalue weighted by Crippen LogP contribution is -2.45. The molecule has 0 spiro atoms. The Bertz CT molecular complexity index is 278. The van der Waals surface area contributed by atoms with Gasteiger partial charge in [0.25, 0.3) is 0 Å². The number of aliphatic carboxylic acids is 1. The lowest BCUT2D eigenvalue weighted by atomic mass is 9.99. The molecule has 0 radical (unpaired) electrons. The third kappa shape index (κ3) is 6.80. The number of carboxylic acids is 1. The van der Waals surface area contributed by atoms with Crippen LogP contribution in [0.5, 0.6) is 0 Å². The van der Waals surface area contributed by atoms with E-state index in [2.05, 4.69) is 5.32 Å². The summed E-state index contributed by atoms with van der Waals surface area (Å²) in [6.45, 7) is 3.35. The van der Waals surface area contributed by atoms with Crippen LogP contribution in [0.2, 0.25) is 0 Å². The van der Waals surface area contributed by atoms with Gasteiger partial charge in [0.15, 0.2) is 0 Å². The Hall–Kier alpha value is -1.27. The Labute approximate surface area is 97.2 Å². The van der Waals surface area contributed by atoms with Crippen LogP contribution in [0.15, 0.2) is 0 Å². The second-order valence-electron chi connectivity index (χ2n) is 3.88. The van der Waals surface area contributed by atoms with Crippen molar-refractivity contribution in [2.75, 3.05) is 0 Å². The van der Waals surface area contributed by atoms with Gasteiger partial charge in [0, 0.05) is 6.42 Å². The maximum atomic E-state index is 11.8. The molecule has 17 heavy (non-hydrogen) atoms. The van der Waals surface area contributed by atoms with Gasteiger partial charge in [-0.1, -0.05) is 20.3 Å².